The molecule has 0 saturated carbocycles. The van der Waals surface area contributed by atoms with Gasteiger partial charge in [0.2, 0.25) is 0 Å². The van der Waals surface area contributed by atoms with Gasteiger partial charge in [-0.1, -0.05) is 17.3 Å². The average molecular weight is 471 g/mol. The van der Waals surface area contributed by atoms with Gasteiger partial charge in [-0.3, -0.25) is 0 Å². The summed E-state index contributed by atoms with van der Waals surface area (Å²) < 4.78 is 47.8. The molecule has 2 aromatic heterocycles. The highest BCUT2D eigenvalue weighted by Crippen LogP contribution is 2.34. The second-order valence-electron chi connectivity index (χ2n) is 6.98. The lowest BCUT2D eigenvalue weighted by molar-refractivity contribution is -0.143. The summed E-state index contributed by atoms with van der Waals surface area (Å²) in [5.41, 5.74) is -0.0565. The highest BCUT2D eigenvalue weighted by molar-refractivity contribution is 5.91. The van der Waals surface area contributed by atoms with Gasteiger partial charge in [-0.25, -0.2) is 19.0 Å². The molecule has 0 aliphatic carbocycles. The number of rotatable bonds is 6. The Hall–Kier alpha value is -4.48. The summed E-state index contributed by atoms with van der Waals surface area (Å²) in [4.78, 5) is 22.9. The summed E-state index contributed by atoms with van der Waals surface area (Å²) in [6, 6.07) is 11.9. The third-order valence-corrected chi connectivity index (χ3v) is 4.81. The molecule has 0 spiro atoms. The third-order valence-electron chi connectivity index (χ3n) is 4.81. The Balaban J connectivity index is 1.62. The molecule has 34 heavy (non-hydrogen) atoms. The molecule has 0 radical (unpaired) electrons. The normalized spacial score (nSPS) is 11.4. The first-order valence-electron chi connectivity index (χ1n) is 9.88. The predicted molar refractivity (Wildman–Crippen MR) is 112 cm³/mol. The van der Waals surface area contributed by atoms with Crippen LogP contribution in [0.5, 0.6) is 0 Å². The number of ether oxygens (including phenoxy) is 1. The zero-order valence-electron chi connectivity index (χ0n) is 17.5. The summed E-state index contributed by atoms with van der Waals surface area (Å²) in [5, 5.41) is 20.8. The van der Waals surface area contributed by atoms with Gasteiger partial charge in [-0.15, -0.1) is 5.10 Å². The number of aromatic nitrogens is 5. The first kappa shape index (κ1) is 22.7. The number of esters is 1. The maximum Gasteiger partial charge on any atom is 0.434 e. The van der Waals surface area contributed by atoms with Gasteiger partial charge in [-0.2, -0.15) is 18.3 Å². The molecule has 0 saturated heterocycles. The minimum Gasteiger partial charge on any atom is -0.478 e. The fraction of sp³-hybridized carbons (Fsp3) is 0.136. The monoisotopic (exact) mass is 471 g/mol. The SMILES string of the molecule is CCOC(=O)c1cnn(-c2ccc(-n3cc(-c4ccc(C(=O)O)cc4)nn3)cc2)c1C(F)(F)F. The third kappa shape index (κ3) is 4.37. The van der Waals surface area contributed by atoms with Crippen LogP contribution in [0.15, 0.2) is 60.9 Å². The Kier molecular flexibility index (Phi) is 5.88. The number of carboxylic acids is 1. The number of carbonyl (C=O) groups excluding carboxylic acids is 1. The summed E-state index contributed by atoms with van der Waals surface area (Å²) in [7, 11) is 0. The van der Waals surface area contributed by atoms with Crippen LogP contribution in [0, 0.1) is 0 Å². The Morgan fingerprint density at radius 3 is 2.26 bits per heavy atom. The Bertz CT molecular complexity index is 1340. The van der Waals surface area contributed by atoms with Crippen LogP contribution in [-0.2, 0) is 10.9 Å². The van der Waals surface area contributed by atoms with Crippen molar-refractivity contribution in [2.75, 3.05) is 6.61 Å². The number of hydrogen-bond acceptors (Lipinski definition) is 6. The lowest BCUT2D eigenvalue weighted by atomic mass is 10.1. The van der Waals surface area contributed by atoms with E-state index in [1.54, 1.807) is 18.3 Å². The molecule has 4 aromatic rings. The molecule has 1 N–H and O–H groups in total. The van der Waals surface area contributed by atoms with Crippen molar-refractivity contribution in [2.45, 2.75) is 13.1 Å². The Morgan fingerprint density at radius 1 is 1.03 bits per heavy atom. The summed E-state index contributed by atoms with van der Waals surface area (Å²) in [5.74, 6) is -2.15. The number of benzene rings is 2. The Labute approximate surface area is 190 Å². The number of alkyl halides is 3. The minimum absolute atomic E-state index is 0.0698. The van der Waals surface area contributed by atoms with Crippen LogP contribution < -0.4 is 0 Å². The van der Waals surface area contributed by atoms with Crippen LogP contribution in [0.4, 0.5) is 13.2 Å². The molecule has 0 aliphatic rings. The smallest absolute Gasteiger partial charge is 0.434 e. The van der Waals surface area contributed by atoms with Crippen LogP contribution in [0.1, 0.15) is 33.3 Å². The van der Waals surface area contributed by atoms with Gasteiger partial charge < -0.3 is 9.84 Å². The van der Waals surface area contributed by atoms with Crippen molar-refractivity contribution in [3.8, 4) is 22.6 Å². The van der Waals surface area contributed by atoms with Gasteiger partial charge in [0, 0.05) is 5.56 Å². The fourth-order valence-corrected chi connectivity index (χ4v) is 3.23. The van der Waals surface area contributed by atoms with Crippen molar-refractivity contribution in [1.82, 2.24) is 24.8 Å². The van der Waals surface area contributed by atoms with Crippen LogP contribution in [0.3, 0.4) is 0 Å². The van der Waals surface area contributed by atoms with Crippen LogP contribution in [-0.4, -0.2) is 48.4 Å². The largest absolute Gasteiger partial charge is 0.478 e. The molecule has 0 aliphatic heterocycles. The molecule has 9 nitrogen and oxygen atoms in total. The van der Waals surface area contributed by atoms with E-state index < -0.39 is 29.4 Å². The molecular weight excluding hydrogens is 455 g/mol. The number of carboxylic acid groups (broad SMARTS) is 1. The highest BCUT2D eigenvalue weighted by atomic mass is 19.4. The standard InChI is InChI=1S/C22H16F3N5O4/c1-2-34-21(33)17-11-26-30(19(17)22(23,24)25)16-9-7-15(8-10-16)29-12-18(27-28-29)13-3-5-14(6-4-13)20(31)32/h3-12H,2H2,1H3,(H,31,32). The van der Waals surface area contributed by atoms with Gasteiger partial charge in [-0.05, 0) is 43.3 Å². The molecule has 174 valence electrons. The molecule has 12 heteroatoms. The average Bonchev–Trinajstić information content (AvgIpc) is 3.47. The number of aromatic carboxylic acids is 1. The van der Waals surface area contributed by atoms with Gasteiger partial charge >= 0.3 is 18.1 Å². The van der Waals surface area contributed by atoms with Gasteiger partial charge in [0.15, 0.2) is 5.69 Å². The van der Waals surface area contributed by atoms with Gasteiger partial charge in [0.1, 0.15) is 11.3 Å². The van der Waals surface area contributed by atoms with E-state index in [0.29, 0.717) is 21.6 Å². The topological polar surface area (TPSA) is 112 Å². The molecule has 2 aromatic carbocycles. The quantitative estimate of drug-likeness (QED) is 0.423. The molecule has 2 heterocycles. The second-order valence-corrected chi connectivity index (χ2v) is 6.98. The van der Waals surface area contributed by atoms with E-state index in [0.717, 1.165) is 6.20 Å². The number of nitrogens with zero attached hydrogens (tertiary/aromatic N) is 5. The molecule has 0 bridgehead atoms. The summed E-state index contributed by atoms with van der Waals surface area (Å²) in [6.45, 7) is 1.43. The molecule has 0 unspecified atom stereocenters. The van der Waals surface area contributed by atoms with Crippen molar-refractivity contribution in [2.24, 2.45) is 0 Å². The van der Waals surface area contributed by atoms with Crippen molar-refractivity contribution in [3.63, 3.8) is 0 Å². The van der Waals surface area contributed by atoms with Gasteiger partial charge in [0.05, 0.1) is 35.9 Å². The van der Waals surface area contributed by atoms with E-state index in [2.05, 4.69) is 15.4 Å². The molecule has 0 atom stereocenters. The van der Waals surface area contributed by atoms with Crippen LogP contribution in [0.2, 0.25) is 0 Å². The van der Waals surface area contributed by atoms with Crippen molar-refractivity contribution >= 4 is 11.9 Å². The van der Waals surface area contributed by atoms with E-state index in [9.17, 15) is 22.8 Å². The minimum atomic E-state index is -4.84. The van der Waals surface area contributed by atoms with E-state index in [-0.39, 0.29) is 17.9 Å². The van der Waals surface area contributed by atoms with Crippen LogP contribution in [0.25, 0.3) is 22.6 Å². The van der Waals surface area contributed by atoms with Crippen molar-refractivity contribution in [1.29, 1.82) is 0 Å². The molecular formula is C22H16F3N5O4. The van der Waals surface area contributed by atoms with E-state index in [1.807, 2.05) is 0 Å². The summed E-state index contributed by atoms with van der Waals surface area (Å²) in [6.07, 6.45) is -2.42. The number of hydrogen-bond donors (Lipinski definition) is 1. The maximum atomic E-state index is 13.7. The van der Waals surface area contributed by atoms with Crippen LogP contribution >= 0.6 is 0 Å². The summed E-state index contributed by atoms with van der Waals surface area (Å²) >= 11 is 0. The van der Waals surface area contributed by atoms with Crippen molar-refractivity contribution in [3.05, 3.63) is 77.7 Å². The fourth-order valence-electron chi connectivity index (χ4n) is 3.23. The van der Waals surface area contributed by atoms with Gasteiger partial charge in [0.25, 0.3) is 0 Å². The predicted octanol–water partition coefficient (Wildman–Crippen LogP) is 4.01. The van der Waals surface area contributed by atoms with E-state index in [4.69, 9.17) is 9.84 Å². The molecule has 0 fully saturated rings. The van der Waals surface area contributed by atoms with Crippen molar-refractivity contribution < 1.29 is 32.6 Å². The second kappa shape index (κ2) is 8.81. The first-order chi connectivity index (χ1) is 16.2. The molecule has 4 rings (SSSR count). The van der Waals surface area contributed by atoms with E-state index >= 15 is 0 Å². The zero-order valence-corrected chi connectivity index (χ0v) is 17.5. The van der Waals surface area contributed by atoms with E-state index in [1.165, 1.54) is 48.0 Å². The first-order valence-corrected chi connectivity index (χ1v) is 9.88. The molecule has 0 amide bonds. The Morgan fingerprint density at radius 2 is 1.68 bits per heavy atom. The zero-order chi connectivity index (χ0) is 24.5. The maximum absolute atomic E-state index is 13.7. The highest BCUT2D eigenvalue weighted by Gasteiger charge is 2.41. The number of halogens is 3. The lowest BCUT2D eigenvalue weighted by Gasteiger charge is -2.12. The number of carbonyl (C=O) groups is 2. The lowest BCUT2D eigenvalue weighted by Crippen LogP contribution is -2.18.